The summed E-state index contributed by atoms with van der Waals surface area (Å²) in [6.07, 6.45) is 6.03. The molecular formula is C13H19N3. The van der Waals surface area contributed by atoms with Gasteiger partial charge in [0.15, 0.2) is 0 Å². The first-order chi connectivity index (χ1) is 7.76. The minimum atomic E-state index is 0.246. The van der Waals surface area contributed by atoms with E-state index in [4.69, 9.17) is 0 Å². The molecule has 0 saturated carbocycles. The van der Waals surface area contributed by atoms with Gasteiger partial charge in [-0.15, -0.1) is 11.8 Å². The number of imidazole rings is 1. The standard InChI is InChI=1S/C13H19N3/c1-3-4-5-8-16-11-15-9-12(16)13(2)6-7-14-10-13/h9,11,14H,5-8,10H2,1-2H3. The Morgan fingerprint density at radius 3 is 3.19 bits per heavy atom. The molecule has 1 aromatic heterocycles. The first kappa shape index (κ1) is 11.2. The van der Waals surface area contributed by atoms with Crippen LogP contribution in [0, 0.1) is 11.8 Å². The van der Waals surface area contributed by atoms with Gasteiger partial charge >= 0.3 is 0 Å². The molecule has 86 valence electrons. The van der Waals surface area contributed by atoms with Crippen molar-refractivity contribution in [2.75, 3.05) is 13.1 Å². The molecule has 0 radical (unpaired) electrons. The van der Waals surface area contributed by atoms with E-state index in [9.17, 15) is 0 Å². The zero-order valence-electron chi connectivity index (χ0n) is 10.1. The second-order valence-electron chi connectivity index (χ2n) is 4.64. The van der Waals surface area contributed by atoms with Crippen molar-refractivity contribution in [3.8, 4) is 11.8 Å². The van der Waals surface area contributed by atoms with Gasteiger partial charge in [-0.05, 0) is 19.9 Å². The first-order valence-corrected chi connectivity index (χ1v) is 5.87. The summed E-state index contributed by atoms with van der Waals surface area (Å²) in [5.41, 5.74) is 1.59. The second kappa shape index (κ2) is 4.71. The van der Waals surface area contributed by atoms with Crippen molar-refractivity contribution in [1.29, 1.82) is 0 Å². The molecule has 2 rings (SSSR count). The zero-order valence-corrected chi connectivity index (χ0v) is 10.1. The number of nitrogens with one attached hydrogen (secondary N) is 1. The van der Waals surface area contributed by atoms with Gasteiger partial charge < -0.3 is 9.88 Å². The van der Waals surface area contributed by atoms with Crippen LogP contribution in [0.3, 0.4) is 0 Å². The van der Waals surface area contributed by atoms with E-state index in [1.807, 2.05) is 19.4 Å². The molecule has 0 amide bonds. The maximum atomic E-state index is 4.28. The van der Waals surface area contributed by atoms with E-state index in [0.717, 1.165) is 26.1 Å². The molecule has 0 aromatic carbocycles. The molecule has 1 aliphatic heterocycles. The predicted octanol–water partition coefficient (Wildman–Crippen LogP) is 1.55. The molecule has 0 bridgehead atoms. The van der Waals surface area contributed by atoms with Gasteiger partial charge in [-0.1, -0.05) is 6.92 Å². The van der Waals surface area contributed by atoms with Crippen LogP contribution in [0.1, 0.15) is 32.4 Å². The molecule has 3 heteroatoms. The highest BCUT2D eigenvalue weighted by Gasteiger charge is 2.33. The lowest BCUT2D eigenvalue weighted by Gasteiger charge is -2.24. The molecule has 1 N–H and O–H groups in total. The van der Waals surface area contributed by atoms with E-state index in [1.165, 1.54) is 12.1 Å². The third-order valence-electron chi connectivity index (χ3n) is 3.35. The van der Waals surface area contributed by atoms with Crippen molar-refractivity contribution < 1.29 is 0 Å². The molecule has 1 saturated heterocycles. The monoisotopic (exact) mass is 217 g/mol. The van der Waals surface area contributed by atoms with Gasteiger partial charge in [0.1, 0.15) is 0 Å². The number of aryl methyl sites for hydroxylation is 1. The van der Waals surface area contributed by atoms with E-state index >= 15 is 0 Å². The molecular weight excluding hydrogens is 198 g/mol. The first-order valence-electron chi connectivity index (χ1n) is 5.87. The predicted molar refractivity (Wildman–Crippen MR) is 65.1 cm³/mol. The molecule has 1 atom stereocenters. The van der Waals surface area contributed by atoms with Crippen LogP contribution in [0.5, 0.6) is 0 Å². The second-order valence-corrected chi connectivity index (χ2v) is 4.64. The van der Waals surface area contributed by atoms with Crippen LogP contribution in [0.2, 0.25) is 0 Å². The maximum Gasteiger partial charge on any atom is 0.0948 e. The van der Waals surface area contributed by atoms with E-state index < -0.39 is 0 Å². The SMILES string of the molecule is CC#CCCn1cncc1C1(C)CCNC1. The van der Waals surface area contributed by atoms with E-state index in [1.54, 1.807) is 0 Å². The van der Waals surface area contributed by atoms with Crippen LogP contribution >= 0.6 is 0 Å². The largest absolute Gasteiger partial charge is 0.333 e. The highest BCUT2D eigenvalue weighted by Crippen LogP contribution is 2.29. The van der Waals surface area contributed by atoms with Gasteiger partial charge in [0, 0.05) is 36.8 Å². The van der Waals surface area contributed by atoms with Crippen molar-refractivity contribution in [3.63, 3.8) is 0 Å². The van der Waals surface area contributed by atoms with Gasteiger partial charge in [-0.3, -0.25) is 0 Å². The van der Waals surface area contributed by atoms with Crippen LogP contribution in [0.15, 0.2) is 12.5 Å². The number of hydrogen-bond donors (Lipinski definition) is 1. The molecule has 1 unspecified atom stereocenters. The smallest absolute Gasteiger partial charge is 0.0948 e. The Balaban J connectivity index is 2.14. The van der Waals surface area contributed by atoms with Crippen LogP contribution in [-0.2, 0) is 12.0 Å². The van der Waals surface area contributed by atoms with Gasteiger partial charge in [0.2, 0.25) is 0 Å². The zero-order chi connectivity index (χ0) is 11.4. The normalized spacial score (nSPS) is 24.1. The quantitative estimate of drug-likeness (QED) is 0.778. The Morgan fingerprint density at radius 1 is 1.62 bits per heavy atom. The number of nitrogens with zero attached hydrogens (tertiary/aromatic N) is 2. The third kappa shape index (κ3) is 2.12. The minimum absolute atomic E-state index is 0.246. The molecule has 16 heavy (non-hydrogen) atoms. The highest BCUT2D eigenvalue weighted by molar-refractivity contribution is 5.17. The number of rotatable bonds is 3. The number of hydrogen-bond acceptors (Lipinski definition) is 2. The summed E-state index contributed by atoms with van der Waals surface area (Å²) in [7, 11) is 0. The van der Waals surface area contributed by atoms with Crippen molar-refractivity contribution in [2.24, 2.45) is 0 Å². The van der Waals surface area contributed by atoms with Crippen LogP contribution in [0.4, 0.5) is 0 Å². The fourth-order valence-electron chi connectivity index (χ4n) is 2.34. The Morgan fingerprint density at radius 2 is 2.50 bits per heavy atom. The average Bonchev–Trinajstić information content (AvgIpc) is 2.88. The summed E-state index contributed by atoms with van der Waals surface area (Å²) in [6, 6.07) is 0. The summed E-state index contributed by atoms with van der Waals surface area (Å²) in [5.74, 6) is 6.04. The average molecular weight is 217 g/mol. The lowest BCUT2D eigenvalue weighted by atomic mass is 9.86. The van der Waals surface area contributed by atoms with E-state index in [0.29, 0.717) is 0 Å². The molecule has 1 aliphatic rings. The van der Waals surface area contributed by atoms with Gasteiger partial charge in [-0.2, -0.15) is 0 Å². The summed E-state index contributed by atoms with van der Waals surface area (Å²) in [4.78, 5) is 4.28. The van der Waals surface area contributed by atoms with Crippen molar-refractivity contribution in [3.05, 3.63) is 18.2 Å². The molecule has 0 spiro atoms. The van der Waals surface area contributed by atoms with Crippen LogP contribution in [-0.4, -0.2) is 22.6 Å². The summed E-state index contributed by atoms with van der Waals surface area (Å²) >= 11 is 0. The summed E-state index contributed by atoms with van der Waals surface area (Å²) < 4.78 is 2.25. The Bertz CT molecular complexity index is 402. The third-order valence-corrected chi connectivity index (χ3v) is 3.35. The Hall–Kier alpha value is -1.27. The minimum Gasteiger partial charge on any atom is -0.333 e. The highest BCUT2D eigenvalue weighted by atomic mass is 15.1. The lowest BCUT2D eigenvalue weighted by molar-refractivity contribution is 0.474. The summed E-state index contributed by atoms with van der Waals surface area (Å²) in [5, 5.41) is 3.43. The van der Waals surface area contributed by atoms with Crippen LogP contribution < -0.4 is 5.32 Å². The molecule has 3 nitrogen and oxygen atoms in total. The fourth-order valence-corrected chi connectivity index (χ4v) is 2.34. The molecule has 1 fully saturated rings. The van der Waals surface area contributed by atoms with Gasteiger partial charge in [0.25, 0.3) is 0 Å². The van der Waals surface area contributed by atoms with Gasteiger partial charge in [-0.25, -0.2) is 4.98 Å². The van der Waals surface area contributed by atoms with Crippen molar-refractivity contribution in [2.45, 2.75) is 38.6 Å². The fraction of sp³-hybridized carbons (Fsp3) is 0.615. The topological polar surface area (TPSA) is 29.9 Å². The number of aromatic nitrogens is 2. The Kier molecular flexibility index (Phi) is 3.31. The lowest BCUT2D eigenvalue weighted by Crippen LogP contribution is -2.28. The molecule has 2 heterocycles. The van der Waals surface area contributed by atoms with Gasteiger partial charge in [0.05, 0.1) is 6.33 Å². The van der Waals surface area contributed by atoms with E-state index in [-0.39, 0.29) is 5.41 Å². The summed E-state index contributed by atoms with van der Waals surface area (Å²) in [6.45, 7) is 7.31. The molecule has 0 aliphatic carbocycles. The van der Waals surface area contributed by atoms with Crippen molar-refractivity contribution >= 4 is 0 Å². The van der Waals surface area contributed by atoms with Crippen molar-refractivity contribution in [1.82, 2.24) is 14.9 Å². The van der Waals surface area contributed by atoms with Crippen LogP contribution in [0.25, 0.3) is 0 Å². The molecule has 1 aromatic rings. The Labute approximate surface area is 97.3 Å². The van der Waals surface area contributed by atoms with E-state index in [2.05, 4.69) is 33.6 Å². The maximum absolute atomic E-state index is 4.28.